The second-order valence-corrected chi connectivity index (χ2v) is 2.80. The Morgan fingerprint density at radius 2 is 2.00 bits per heavy atom. The van der Waals surface area contributed by atoms with Gasteiger partial charge in [0.1, 0.15) is 11.6 Å². The molecule has 0 aromatic heterocycles. The van der Waals surface area contributed by atoms with Crippen molar-refractivity contribution in [3.63, 3.8) is 0 Å². The van der Waals surface area contributed by atoms with Gasteiger partial charge < -0.3 is 10.1 Å². The zero-order valence-electron chi connectivity index (χ0n) is 8.06. The molecule has 0 fully saturated rings. The maximum atomic E-state index is 12.7. The van der Waals surface area contributed by atoms with Crippen molar-refractivity contribution in [1.29, 1.82) is 0 Å². The summed E-state index contributed by atoms with van der Waals surface area (Å²) < 4.78 is 53.2. The van der Waals surface area contributed by atoms with Crippen molar-refractivity contribution < 1.29 is 27.1 Å². The summed E-state index contributed by atoms with van der Waals surface area (Å²) in [6.45, 7) is 0. The predicted octanol–water partition coefficient (Wildman–Crippen LogP) is 2.34. The number of amides is 1. The molecule has 0 atom stereocenters. The Labute approximate surface area is 88.0 Å². The quantitative estimate of drug-likeness (QED) is 0.801. The molecule has 0 heterocycles. The Balaban J connectivity index is 2.96. The summed E-state index contributed by atoms with van der Waals surface area (Å²) in [6, 6.07) is 2.85. The van der Waals surface area contributed by atoms with E-state index in [1.807, 2.05) is 0 Å². The van der Waals surface area contributed by atoms with E-state index in [-0.39, 0.29) is 11.4 Å². The number of hydrogen-bond donors (Lipinski definition) is 1. The van der Waals surface area contributed by atoms with Gasteiger partial charge in [-0.15, -0.1) is 0 Å². The molecule has 0 spiro atoms. The molecule has 0 unspecified atom stereocenters. The lowest BCUT2D eigenvalue weighted by molar-refractivity contribution is -0.167. The van der Waals surface area contributed by atoms with E-state index >= 15 is 0 Å². The van der Waals surface area contributed by atoms with Crippen LogP contribution in [0.25, 0.3) is 0 Å². The topological polar surface area (TPSA) is 38.3 Å². The molecule has 1 N–H and O–H groups in total. The van der Waals surface area contributed by atoms with Crippen LogP contribution in [0, 0.1) is 5.82 Å². The number of benzene rings is 1. The standard InChI is InChI=1S/C9H7F4NO2/c1-16-7-3-2-5(10)4-6(7)14-8(15)9(11,12)13/h2-4H,1H3,(H,14,15). The maximum Gasteiger partial charge on any atom is 0.471 e. The van der Waals surface area contributed by atoms with E-state index < -0.39 is 17.9 Å². The van der Waals surface area contributed by atoms with Crippen LogP contribution in [0.1, 0.15) is 0 Å². The van der Waals surface area contributed by atoms with Gasteiger partial charge in [0.05, 0.1) is 12.8 Å². The molecule has 0 saturated heterocycles. The van der Waals surface area contributed by atoms with Crippen molar-refractivity contribution in [3.8, 4) is 5.75 Å². The SMILES string of the molecule is COc1ccc(F)cc1NC(=O)C(F)(F)F. The van der Waals surface area contributed by atoms with Crippen molar-refractivity contribution >= 4 is 11.6 Å². The van der Waals surface area contributed by atoms with Crippen LogP contribution in [-0.4, -0.2) is 19.2 Å². The van der Waals surface area contributed by atoms with Crippen molar-refractivity contribution in [2.75, 3.05) is 12.4 Å². The minimum atomic E-state index is -5.03. The number of hydrogen-bond acceptors (Lipinski definition) is 2. The molecule has 0 aliphatic heterocycles. The molecule has 1 rings (SSSR count). The number of ether oxygens (including phenoxy) is 1. The molecule has 16 heavy (non-hydrogen) atoms. The second kappa shape index (κ2) is 4.38. The first kappa shape index (κ1) is 12.3. The number of carbonyl (C=O) groups is 1. The smallest absolute Gasteiger partial charge is 0.471 e. The lowest BCUT2D eigenvalue weighted by Crippen LogP contribution is -2.30. The summed E-state index contributed by atoms with van der Waals surface area (Å²) in [4.78, 5) is 10.6. The summed E-state index contributed by atoms with van der Waals surface area (Å²) in [5.41, 5.74) is -0.371. The maximum absolute atomic E-state index is 12.7. The van der Waals surface area contributed by atoms with Crippen LogP contribution >= 0.6 is 0 Å². The summed E-state index contributed by atoms with van der Waals surface area (Å²) in [7, 11) is 1.19. The fourth-order valence-corrected chi connectivity index (χ4v) is 0.971. The van der Waals surface area contributed by atoms with Gasteiger partial charge in [-0.25, -0.2) is 4.39 Å². The van der Waals surface area contributed by atoms with E-state index in [4.69, 9.17) is 0 Å². The first-order valence-corrected chi connectivity index (χ1v) is 4.06. The van der Waals surface area contributed by atoms with Crippen molar-refractivity contribution in [2.45, 2.75) is 6.18 Å². The minimum absolute atomic E-state index is 0.0565. The van der Waals surface area contributed by atoms with Crippen LogP contribution in [0.3, 0.4) is 0 Å². The third kappa shape index (κ3) is 2.85. The van der Waals surface area contributed by atoms with E-state index in [0.29, 0.717) is 0 Å². The monoisotopic (exact) mass is 237 g/mol. The molecule has 3 nitrogen and oxygen atoms in total. The first-order valence-electron chi connectivity index (χ1n) is 4.06. The molecular weight excluding hydrogens is 230 g/mol. The van der Waals surface area contributed by atoms with Crippen LogP contribution in [-0.2, 0) is 4.79 Å². The largest absolute Gasteiger partial charge is 0.495 e. The lowest BCUT2D eigenvalue weighted by Gasteiger charge is -2.11. The highest BCUT2D eigenvalue weighted by atomic mass is 19.4. The fourth-order valence-electron chi connectivity index (χ4n) is 0.971. The Morgan fingerprint density at radius 1 is 1.38 bits per heavy atom. The Bertz CT molecular complexity index is 403. The Hall–Kier alpha value is -1.79. The Kier molecular flexibility index (Phi) is 3.36. The summed E-state index contributed by atoms with van der Waals surface area (Å²) in [5.74, 6) is -3.02. The summed E-state index contributed by atoms with van der Waals surface area (Å²) >= 11 is 0. The second-order valence-electron chi connectivity index (χ2n) is 2.80. The van der Waals surface area contributed by atoms with Crippen LogP contribution in [0.4, 0.5) is 23.2 Å². The zero-order chi connectivity index (χ0) is 12.3. The average molecular weight is 237 g/mol. The van der Waals surface area contributed by atoms with E-state index in [1.54, 1.807) is 0 Å². The van der Waals surface area contributed by atoms with Gasteiger partial charge in [-0.05, 0) is 12.1 Å². The molecule has 7 heteroatoms. The van der Waals surface area contributed by atoms with Gasteiger partial charge in [0.15, 0.2) is 0 Å². The normalized spacial score (nSPS) is 11.1. The Morgan fingerprint density at radius 3 is 2.50 bits per heavy atom. The number of rotatable bonds is 2. The van der Waals surface area contributed by atoms with Gasteiger partial charge in [-0.3, -0.25) is 4.79 Å². The van der Waals surface area contributed by atoms with E-state index in [1.165, 1.54) is 12.4 Å². The van der Waals surface area contributed by atoms with E-state index in [0.717, 1.165) is 18.2 Å². The van der Waals surface area contributed by atoms with Gasteiger partial charge in [0.2, 0.25) is 0 Å². The highest BCUT2D eigenvalue weighted by molar-refractivity contribution is 5.96. The van der Waals surface area contributed by atoms with Crippen molar-refractivity contribution in [3.05, 3.63) is 24.0 Å². The number of methoxy groups -OCH3 is 1. The highest BCUT2D eigenvalue weighted by Crippen LogP contribution is 2.27. The first-order chi connectivity index (χ1) is 7.34. The van der Waals surface area contributed by atoms with Gasteiger partial charge in [0.25, 0.3) is 0 Å². The number of anilines is 1. The van der Waals surface area contributed by atoms with E-state index in [2.05, 4.69) is 4.74 Å². The fraction of sp³-hybridized carbons (Fsp3) is 0.222. The van der Waals surface area contributed by atoms with Gasteiger partial charge in [0, 0.05) is 6.07 Å². The molecule has 0 aliphatic rings. The third-order valence-corrected chi connectivity index (χ3v) is 1.67. The van der Waals surface area contributed by atoms with Crippen LogP contribution in [0.5, 0.6) is 5.75 Å². The average Bonchev–Trinajstić information content (AvgIpc) is 2.16. The summed E-state index contributed by atoms with van der Waals surface area (Å²) in [6.07, 6.45) is -5.03. The molecule has 0 aliphatic carbocycles. The molecule has 1 aromatic carbocycles. The molecule has 0 saturated carbocycles. The number of carbonyl (C=O) groups excluding carboxylic acids is 1. The van der Waals surface area contributed by atoms with Crippen LogP contribution in [0.2, 0.25) is 0 Å². The molecule has 0 radical (unpaired) electrons. The van der Waals surface area contributed by atoms with Gasteiger partial charge >= 0.3 is 12.1 Å². The molecule has 88 valence electrons. The number of alkyl halides is 3. The highest BCUT2D eigenvalue weighted by Gasteiger charge is 2.39. The number of halogens is 4. The van der Waals surface area contributed by atoms with E-state index in [9.17, 15) is 22.4 Å². The zero-order valence-corrected chi connectivity index (χ0v) is 8.06. The summed E-state index contributed by atoms with van der Waals surface area (Å²) in [5, 5.41) is 1.51. The third-order valence-electron chi connectivity index (χ3n) is 1.67. The molecule has 1 aromatic rings. The van der Waals surface area contributed by atoms with Crippen LogP contribution < -0.4 is 10.1 Å². The molecule has 0 bridgehead atoms. The number of nitrogens with one attached hydrogen (secondary N) is 1. The van der Waals surface area contributed by atoms with Crippen molar-refractivity contribution in [1.82, 2.24) is 0 Å². The van der Waals surface area contributed by atoms with Crippen molar-refractivity contribution in [2.24, 2.45) is 0 Å². The molecular formula is C9H7F4NO2. The predicted molar refractivity (Wildman–Crippen MR) is 47.6 cm³/mol. The lowest BCUT2D eigenvalue weighted by atomic mass is 10.3. The minimum Gasteiger partial charge on any atom is -0.495 e. The van der Waals surface area contributed by atoms with Gasteiger partial charge in [-0.2, -0.15) is 13.2 Å². The van der Waals surface area contributed by atoms with Gasteiger partial charge in [-0.1, -0.05) is 0 Å². The van der Waals surface area contributed by atoms with Crippen LogP contribution in [0.15, 0.2) is 18.2 Å². The molecule has 1 amide bonds.